The molecule has 5 heteroatoms. The van der Waals surface area contributed by atoms with Crippen molar-refractivity contribution in [3.05, 3.63) is 22.7 Å². The summed E-state index contributed by atoms with van der Waals surface area (Å²) in [7, 11) is 0. The highest BCUT2D eigenvalue weighted by atomic mass is 35.5. The molecule has 22 heavy (non-hydrogen) atoms. The van der Waals surface area contributed by atoms with Gasteiger partial charge < -0.3 is 19.5 Å². The lowest BCUT2D eigenvalue weighted by Gasteiger charge is -2.15. The van der Waals surface area contributed by atoms with E-state index in [9.17, 15) is 0 Å². The minimum absolute atomic E-state index is 0.603. The van der Waals surface area contributed by atoms with Gasteiger partial charge >= 0.3 is 0 Å². The molecule has 0 radical (unpaired) electrons. The number of benzene rings is 1. The Morgan fingerprint density at radius 1 is 1.00 bits per heavy atom. The van der Waals surface area contributed by atoms with Crippen LogP contribution in [-0.2, 0) is 11.3 Å². The van der Waals surface area contributed by atoms with Crippen LogP contribution in [0.4, 0.5) is 0 Å². The van der Waals surface area contributed by atoms with Crippen LogP contribution in [0.15, 0.2) is 12.1 Å². The highest BCUT2D eigenvalue weighted by Gasteiger charge is 2.11. The van der Waals surface area contributed by atoms with E-state index in [-0.39, 0.29) is 0 Å². The second-order valence-corrected chi connectivity index (χ2v) is 5.31. The average Bonchev–Trinajstić information content (AvgIpc) is 2.52. The molecule has 0 amide bonds. The first-order valence-corrected chi connectivity index (χ1v) is 8.47. The van der Waals surface area contributed by atoms with Crippen LogP contribution >= 0.6 is 11.6 Å². The van der Waals surface area contributed by atoms with Gasteiger partial charge in [-0.05, 0) is 44.9 Å². The van der Waals surface area contributed by atoms with Gasteiger partial charge in [0.05, 0.1) is 13.2 Å². The second kappa shape index (κ2) is 11.6. The number of hydrogen-bond donors (Lipinski definition) is 1. The molecule has 0 aromatic heterocycles. The zero-order valence-corrected chi connectivity index (χ0v) is 14.7. The summed E-state index contributed by atoms with van der Waals surface area (Å²) in [4.78, 5) is 0. The van der Waals surface area contributed by atoms with Crippen LogP contribution in [0.3, 0.4) is 0 Å². The van der Waals surface area contributed by atoms with Gasteiger partial charge in [0.1, 0.15) is 0 Å². The second-order valence-electron chi connectivity index (χ2n) is 4.90. The van der Waals surface area contributed by atoms with Crippen molar-refractivity contribution in [2.45, 2.75) is 40.2 Å². The van der Waals surface area contributed by atoms with Gasteiger partial charge in [-0.1, -0.05) is 18.5 Å². The average molecular weight is 330 g/mol. The number of ether oxygens (including phenoxy) is 3. The van der Waals surface area contributed by atoms with E-state index < -0.39 is 0 Å². The maximum absolute atomic E-state index is 6.34. The topological polar surface area (TPSA) is 39.7 Å². The van der Waals surface area contributed by atoms with E-state index in [2.05, 4.69) is 12.2 Å². The summed E-state index contributed by atoms with van der Waals surface area (Å²) in [6, 6.07) is 3.81. The summed E-state index contributed by atoms with van der Waals surface area (Å²) in [6.07, 6.45) is 1.94. The van der Waals surface area contributed by atoms with Crippen LogP contribution < -0.4 is 14.8 Å². The molecule has 1 aromatic carbocycles. The van der Waals surface area contributed by atoms with Crippen molar-refractivity contribution in [1.29, 1.82) is 0 Å². The summed E-state index contributed by atoms with van der Waals surface area (Å²) < 4.78 is 16.7. The van der Waals surface area contributed by atoms with Crippen LogP contribution in [0.1, 0.15) is 39.2 Å². The molecule has 1 aromatic rings. The summed E-state index contributed by atoms with van der Waals surface area (Å²) in [5.41, 5.74) is 1.02. The molecule has 0 saturated carbocycles. The molecule has 0 atom stereocenters. The third-order valence-electron chi connectivity index (χ3n) is 3.04. The number of nitrogens with one attached hydrogen (secondary N) is 1. The van der Waals surface area contributed by atoms with E-state index in [1.807, 2.05) is 26.0 Å². The maximum atomic E-state index is 6.34. The highest BCUT2D eigenvalue weighted by molar-refractivity contribution is 6.31. The van der Waals surface area contributed by atoms with Crippen LogP contribution in [0.5, 0.6) is 11.5 Å². The van der Waals surface area contributed by atoms with Crippen LogP contribution in [0.25, 0.3) is 0 Å². The Labute approximate surface area is 139 Å². The van der Waals surface area contributed by atoms with Crippen molar-refractivity contribution in [1.82, 2.24) is 5.32 Å². The van der Waals surface area contributed by atoms with Crippen LogP contribution in [0.2, 0.25) is 5.02 Å². The fourth-order valence-corrected chi connectivity index (χ4v) is 2.19. The first-order chi connectivity index (χ1) is 10.7. The molecule has 4 nitrogen and oxygen atoms in total. The minimum atomic E-state index is 0.603. The van der Waals surface area contributed by atoms with Crippen molar-refractivity contribution >= 4 is 11.6 Å². The maximum Gasteiger partial charge on any atom is 0.162 e. The first-order valence-electron chi connectivity index (χ1n) is 8.09. The summed E-state index contributed by atoms with van der Waals surface area (Å²) in [5, 5.41) is 4.07. The van der Waals surface area contributed by atoms with Gasteiger partial charge in [-0.3, -0.25) is 0 Å². The quantitative estimate of drug-likeness (QED) is 0.587. The molecule has 0 fully saturated rings. The van der Waals surface area contributed by atoms with E-state index in [0.29, 0.717) is 30.5 Å². The molecule has 0 aliphatic carbocycles. The largest absolute Gasteiger partial charge is 0.490 e. The van der Waals surface area contributed by atoms with E-state index in [1.165, 1.54) is 0 Å². The van der Waals surface area contributed by atoms with Crippen molar-refractivity contribution in [3.8, 4) is 11.5 Å². The zero-order valence-electron chi connectivity index (χ0n) is 13.9. The number of halogens is 1. The van der Waals surface area contributed by atoms with Gasteiger partial charge in [0.15, 0.2) is 11.5 Å². The fraction of sp³-hybridized carbons (Fsp3) is 0.647. The van der Waals surface area contributed by atoms with Crippen molar-refractivity contribution in [2.24, 2.45) is 0 Å². The van der Waals surface area contributed by atoms with Gasteiger partial charge in [-0.15, -0.1) is 0 Å². The molecule has 0 saturated heterocycles. The Morgan fingerprint density at radius 2 is 1.77 bits per heavy atom. The standard InChI is InChI=1S/C17H28ClNO3/c1-4-9-22-17-12-15(18)14(11-16(17)21-6-3)13-19-8-7-10-20-5-2/h11-12,19H,4-10,13H2,1-3H3. The molecule has 0 unspecified atom stereocenters. The first kappa shape index (κ1) is 19.1. The molecule has 1 rings (SSSR count). The molecular formula is C17H28ClNO3. The normalized spacial score (nSPS) is 10.7. The Kier molecular flexibility index (Phi) is 10.0. The van der Waals surface area contributed by atoms with Gasteiger partial charge in [-0.25, -0.2) is 0 Å². The van der Waals surface area contributed by atoms with Crippen molar-refractivity contribution in [2.75, 3.05) is 33.0 Å². The predicted octanol–water partition coefficient (Wildman–Crippen LogP) is 4.04. The molecule has 0 spiro atoms. The molecule has 0 heterocycles. The summed E-state index contributed by atoms with van der Waals surface area (Å²) >= 11 is 6.34. The predicted molar refractivity (Wildman–Crippen MR) is 91.2 cm³/mol. The minimum Gasteiger partial charge on any atom is -0.490 e. The van der Waals surface area contributed by atoms with Crippen LogP contribution in [-0.4, -0.2) is 33.0 Å². The summed E-state index contributed by atoms with van der Waals surface area (Å²) in [5.74, 6) is 1.47. The fourth-order valence-electron chi connectivity index (χ4n) is 1.97. The zero-order chi connectivity index (χ0) is 16.2. The van der Waals surface area contributed by atoms with Gasteiger partial charge in [0.25, 0.3) is 0 Å². The number of hydrogen-bond acceptors (Lipinski definition) is 4. The van der Waals surface area contributed by atoms with E-state index >= 15 is 0 Å². The smallest absolute Gasteiger partial charge is 0.162 e. The lowest BCUT2D eigenvalue weighted by Crippen LogP contribution is -2.17. The third kappa shape index (κ3) is 6.86. The monoisotopic (exact) mass is 329 g/mol. The van der Waals surface area contributed by atoms with Gasteiger partial charge in [0.2, 0.25) is 0 Å². The Balaban J connectivity index is 2.60. The van der Waals surface area contributed by atoms with E-state index in [1.54, 1.807) is 0 Å². The highest BCUT2D eigenvalue weighted by Crippen LogP contribution is 2.33. The molecular weight excluding hydrogens is 302 g/mol. The Morgan fingerprint density at radius 3 is 2.45 bits per heavy atom. The molecule has 126 valence electrons. The lowest BCUT2D eigenvalue weighted by molar-refractivity contribution is 0.144. The third-order valence-corrected chi connectivity index (χ3v) is 3.39. The van der Waals surface area contributed by atoms with E-state index in [4.69, 9.17) is 25.8 Å². The summed E-state index contributed by atoms with van der Waals surface area (Å²) in [6.45, 7) is 10.5. The van der Waals surface area contributed by atoms with Crippen LogP contribution in [0, 0.1) is 0 Å². The van der Waals surface area contributed by atoms with Crippen molar-refractivity contribution in [3.63, 3.8) is 0 Å². The van der Waals surface area contributed by atoms with E-state index in [0.717, 1.165) is 43.9 Å². The van der Waals surface area contributed by atoms with Gasteiger partial charge in [0, 0.05) is 30.8 Å². The Hall–Kier alpha value is -0.970. The molecule has 0 aliphatic heterocycles. The molecule has 1 N–H and O–H groups in total. The molecule has 0 aliphatic rings. The lowest BCUT2D eigenvalue weighted by atomic mass is 10.2. The van der Waals surface area contributed by atoms with Gasteiger partial charge in [-0.2, -0.15) is 0 Å². The van der Waals surface area contributed by atoms with Crippen molar-refractivity contribution < 1.29 is 14.2 Å². The SMILES string of the molecule is CCCOc1cc(Cl)c(CNCCCOCC)cc1OCC. The Bertz CT molecular complexity index is 427. The number of rotatable bonds is 12. The molecule has 0 bridgehead atoms.